The van der Waals surface area contributed by atoms with Crippen molar-refractivity contribution in [3.63, 3.8) is 0 Å². The predicted molar refractivity (Wildman–Crippen MR) is 69.2 cm³/mol. The van der Waals surface area contributed by atoms with Crippen molar-refractivity contribution in [2.75, 3.05) is 26.4 Å². The number of halogens is 6. The Hall–Kier alpha value is -1.81. The highest BCUT2D eigenvalue weighted by Crippen LogP contribution is 2.36. The van der Waals surface area contributed by atoms with E-state index in [2.05, 4.69) is 0 Å². The molecule has 10 heteroatoms. The van der Waals surface area contributed by atoms with Gasteiger partial charge in [-0.3, -0.25) is 4.79 Å². The second kappa shape index (κ2) is 6.60. The Morgan fingerprint density at radius 2 is 1.67 bits per heavy atom. The summed E-state index contributed by atoms with van der Waals surface area (Å²) in [4.78, 5) is 13.4. The fourth-order valence-corrected chi connectivity index (χ4v) is 2.32. The van der Waals surface area contributed by atoms with Crippen LogP contribution in [0.2, 0.25) is 0 Å². The van der Waals surface area contributed by atoms with Gasteiger partial charge in [0.1, 0.15) is 0 Å². The molecule has 0 bridgehead atoms. The minimum Gasteiger partial charge on any atom is -0.394 e. The molecule has 1 aliphatic rings. The summed E-state index contributed by atoms with van der Waals surface area (Å²) in [6.45, 7) is -0.529. The van der Waals surface area contributed by atoms with Crippen LogP contribution in [-0.2, 0) is 17.1 Å². The summed E-state index contributed by atoms with van der Waals surface area (Å²) in [5, 5.41) is 9.19. The Bertz CT molecular complexity index is 581. The van der Waals surface area contributed by atoms with Gasteiger partial charge in [-0.2, -0.15) is 26.3 Å². The van der Waals surface area contributed by atoms with Crippen LogP contribution in [0, 0.1) is 0 Å². The molecule has 1 heterocycles. The molecule has 0 saturated carbocycles. The first kappa shape index (κ1) is 18.5. The molecular formula is C14H13F6NO3. The number of ether oxygens (including phenoxy) is 1. The summed E-state index contributed by atoms with van der Waals surface area (Å²) in [6, 6.07) is -0.113. The maximum atomic E-state index is 12.8. The van der Waals surface area contributed by atoms with Crippen LogP contribution in [0.15, 0.2) is 18.2 Å². The number of hydrogen-bond acceptors (Lipinski definition) is 3. The number of morpholine rings is 1. The molecule has 1 aliphatic heterocycles. The average Bonchev–Trinajstić information content (AvgIpc) is 2.52. The van der Waals surface area contributed by atoms with Gasteiger partial charge in [-0.25, -0.2) is 0 Å². The molecule has 2 rings (SSSR count). The highest BCUT2D eigenvalue weighted by Gasteiger charge is 2.38. The Labute approximate surface area is 132 Å². The average molecular weight is 357 g/mol. The van der Waals surface area contributed by atoms with E-state index >= 15 is 0 Å². The molecule has 1 amide bonds. The van der Waals surface area contributed by atoms with E-state index in [-0.39, 0.29) is 25.8 Å². The number of hydrogen-bond donors (Lipinski definition) is 1. The summed E-state index contributed by atoms with van der Waals surface area (Å²) >= 11 is 0. The van der Waals surface area contributed by atoms with Crippen LogP contribution in [0.1, 0.15) is 21.5 Å². The molecule has 0 unspecified atom stereocenters. The molecule has 24 heavy (non-hydrogen) atoms. The van der Waals surface area contributed by atoms with E-state index in [1.807, 2.05) is 0 Å². The third-order valence-electron chi connectivity index (χ3n) is 3.53. The lowest BCUT2D eigenvalue weighted by molar-refractivity contribution is -0.143. The molecule has 0 spiro atoms. The molecule has 1 atom stereocenters. The van der Waals surface area contributed by atoms with Gasteiger partial charge in [-0.15, -0.1) is 0 Å². The summed E-state index contributed by atoms with van der Waals surface area (Å²) in [5.74, 6) is -1.02. The van der Waals surface area contributed by atoms with Gasteiger partial charge < -0.3 is 14.7 Å². The van der Waals surface area contributed by atoms with Crippen molar-refractivity contribution in [2.45, 2.75) is 18.4 Å². The summed E-state index contributed by atoms with van der Waals surface area (Å²) in [5.41, 5.74) is -3.86. The lowest BCUT2D eigenvalue weighted by Crippen LogP contribution is -2.50. The number of aliphatic hydroxyl groups excluding tert-OH is 1. The number of carbonyl (C=O) groups excluding carboxylic acids is 1. The van der Waals surface area contributed by atoms with Crippen molar-refractivity contribution in [3.8, 4) is 0 Å². The van der Waals surface area contributed by atoms with E-state index in [0.717, 1.165) is 4.90 Å². The lowest BCUT2D eigenvalue weighted by Gasteiger charge is -2.34. The van der Waals surface area contributed by atoms with Gasteiger partial charge in [-0.05, 0) is 18.2 Å². The first-order valence-electron chi connectivity index (χ1n) is 6.83. The van der Waals surface area contributed by atoms with Gasteiger partial charge in [-0.1, -0.05) is 0 Å². The number of aliphatic hydroxyl groups is 1. The first-order valence-corrected chi connectivity index (χ1v) is 6.83. The van der Waals surface area contributed by atoms with E-state index in [4.69, 9.17) is 4.74 Å². The van der Waals surface area contributed by atoms with E-state index in [9.17, 15) is 36.2 Å². The first-order chi connectivity index (χ1) is 11.0. The van der Waals surface area contributed by atoms with E-state index < -0.39 is 47.6 Å². The van der Waals surface area contributed by atoms with Crippen LogP contribution in [0.5, 0.6) is 0 Å². The molecule has 1 fully saturated rings. The summed E-state index contributed by atoms with van der Waals surface area (Å²) < 4.78 is 82.0. The van der Waals surface area contributed by atoms with Gasteiger partial charge in [0.2, 0.25) is 0 Å². The monoisotopic (exact) mass is 357 g/mol. The standard InChI is InChI=1S/C14H13F6NO3/c15-13(16,17)9-3-8(4-10(5-9)14(18,19)20)12(23)21-1-2-24-7-11(21)6-22/h3-5,11,22H,1-2,6-7H2/t11-/m0/s1. The molecule has 4 nitrogen and oxygen atoms in total. The van der Waals surface area contributed by atoms with Crippen molar-refractivity contribution in [1.29, 1.82) is 0 Å². The number of nitrogens with zero attached hydrogens (tertiary/aromatic N) is 1. The lowest BCUT2D eigenvalue weighted by atomic mass is 10.0. The highest BCUT2D eigenvalue weighted by atomic mass is 19.4. The third-order valence-corrected chi connectivity index (χ3v) is 3.53. The van der Waals surface area contributed by atoms with Gasteiger partial charge >= 0.3 is 12.4 Å². The molecule has 1 saturated heterocycles. The number of amides is 1. The minimum atomic E-state index is -5.03. The maximum absolute atomic E-state index is 12.8. The SMILES string of the molecule is O=C(c1cc(C(F)(F)F)cc(C(F)(F)F)c1)N1CCOC[C@@H]1CO. The van der Waals surface area contributed by atoms with Gasteiger partial charge in [0.15, 0.2) is 0 Å². The van der Waals surface area contributed by atoms with Crippen LogP contribution < -0.4 is 0 Å². The Morgan fingerprint density at radius 3 is 2.12 bits per heavy atom. The van der Waals surface area contributed by atoms with Gasteiger partial charge in [0.05, 0.1) is 37.0 Å². The number of alkyl halides is 6. The van der Waals surface area contributed by atoms with Gasteiger partial charge in [0, 0.05) is 12.1 Å². The van der Waals surface area contributed by atoms with Crippen LogP contribution in [0.3, 0.4) is 0 Å². The second-order valence-corrected chi connectivity index (χ2v) is 5.20. The van der Waals surface area contributed by atoms with Crippen LogP contribution in [-0.4, -0.2) is 48.3 Å². The molecule has 1 aromatic rings. The largest absolute Gasteiger partial charge is 0.416 e. The molecule has 0 radical (unpaired) electrons. The molecule has 1 aromatic carbocycles. The third kappa shape index (κ3) is 3.99. The highest BCUT2D eigenvalue weighted by molar-refractivity contribution is 5.95. The zero-order chi connectivity index (χ0) is 18.1. The minimum absolute atomic E-state index is 0.0400. The van der Waals surface area contributed by atoms with E-state index in [1.165, 1.54) is 0 Å². The fourth-order valence-electron chi connectivity index (χ4n) is 2.32. The van der Waals surface area contributed by atoms with Crippen LogP contribution in [0.25, 0.3) is 0 Å². The number of carbonyl (C=O) groups is 1. The quantitative estimate of drug-likeness (QED) is 0.828. The Kier molecular flexibility index (Phi) is 5.09. The van der Waals surface area contributed by atoms with Crippen LogP contribution in [0.4, 0.5) is 26.3 Å². The summed E-state index contributed by atoms with van der Waals surface area (Å²) in [7, 11) is 0. The smallest absolute Gasteiger partial charge is 0.394 e. The second-order valence-electron chi connectivity index (χ2n) is 5.20. The molecule has 0 aliphatic carbocycles. The van der Waals surface area contributed by atoms with E-state index in [0.29, 0.717) is 12.1 Å². The molecule has 134 valence electrons. The Balaban J connectivity index is 2.46. The van der Waals surface area contributed by atoms with Gasteiger partial charge in [0.25, 0.3) is 5.91 Å². The molecule has 0 aromatic heterocycles. The molecular weight excluding hydrogens is 344 g/mol. The van der Waals surface area contributed by atoms with Crippen molar-refractivity contribution in [1.82, 2.24) is 4.90 Å². The summed E-state index contributed by atoms with van der Waals surface area (Å²) in [6.07, 6.45) is -10.1. The number of benzene rings is 1. The zero-order valence-electron chi connectivity index (χ0n) is 12.1. The van der Waals surface area contributed by atoms with Crippen molar-refractivity contribution >= 4 is 5.91 Å². The number of rotatable bonds is 2. The Morgan fingerprint density at radius 1 is 1.12 bits per heavy atom. The topological polar surface area (TPSA) is 49.8 Å². The van der Waals surface area contributed by atoms with Crippen molar-refractivity contribution in [2.24, 2.45) is 0 Å². The van der Waals surface area contributed by atoms with Crippen molar-refractivity contribution in [3.05, 3.63) is 34.9 Å². The predicted octanol–water partition coefficient (Wildman–Crippen LogP) is 2.56. The normalized spacial score (nSPS) is 19.5. The maximum Gasteiger partial charge on any atom is 0.416 e. The fraction of sp³-hybridized carbons (Fsp3) is 0.500. The van der Waals surface area contributed by atoms with Crippen molar-refractivity contribution < 1.29 is 41.0 Å². The molecule has 1 N–H and O–H groups in total. The van der Waals surface area contributed by atoms with Crippen LogP contribution >= 0.6 is 0 Å². The zero-order valence-corrected chi connectivity index (χ0v) is 12.1. The van der Waals surface area contributed by atoms with E-state index in [1.54, 1.807) is 0 Å².